The van der Waals surface area contributed by atoms with Crippen LogP contribution in [0.1, 0.15) is 55.1 Å². The van der Waals surface area contributed by atoms with Crippen LogP contribution >= 0.6 is 0 Å². The summed E-state index contributed by atoms with van der Waals surface area (Å²) >= 11 is 0. The molecule has 2 aliphatic rings. The lowest BCUT2D eigenvalue weighted by atomic mass is 9.76. The molecular weight excluding hydrogens is 354 g/mol. The first-order valence-electron chi connectivity index (χ1n) is 10.0. The van der Waals surface area contributed by atoms with Crippen LogP contribution in [0.2, 0.25) is 0 Å². The number of hydrogen-bond acceptors (Lipinski definition) is 4. The molecule has 148 valence electrons. The summed E-state index contributed by atoms with van der Waals surface area (Å²) in [6.45, 7) is 7.26. The molecule has 7 nitrogen and oxygen atoms in total. The van der Waals surface area contributed by atoms with Crippen molar-refractivity contribution in [2.75, 3.05) is 13.1 Å². The first-order chi connectivity index (χ1) is 13.5. The summed E-state index contributed by atoms with van der Waals surface area (Å²) in [7, 11) is 0. The number of fused-ring (bicyclic) bond motifs is 1. The van der Waals surface area contributed by atoms with Crippen LogP contribution in [0.3, 0.4) is 0 Å². The number of likely N-dealkylation sites (tertiary alicyclic amines) is 1. The molecule has 2 aromatic rings. The molecule has 0 spiro atoms. The zero-order valence-corrected chi connectivity index (χ0v) is 16.3. The predicted octanol–water partition coefficient (Wildman–Crippen LogP) is 2.60. The molecule has 0 bridgehead atoms. The molecule has 2 N–H and O–H groups in total. The zero-order chi connectivity index (χ0) is 19.7. The van der Waals surface area contributed by atoms with E-state index in [1.807, 2.05) is 4.90 Å². The Hall–Kier alpha value is -2.70. The fourth-order valence-corrected chi connectivity index (χ4v) is 4.01. The molecule has 2 amide bonds. The summed E-state index contributed by atoms with van der Waals surface area (Å²) < 4.78 is 0. The number of H-pyrrole nitrogens is 1. The summed E-state index contributed by atoms with van der Waals surface area (Å²) in [6, 6.07) is 0.288. The van der Waals surface area contributed by atoms with Gasteiger partial charge in [0.25, 0.3) is 5.91 Å². The number of carbonyl (C=O) groups excluding carboxylic acids is 2. The first-order valence-corrected chi connectivity index (χ1v) is 10.0. The lowest BCUT2D eigenvalue weighted by molar-refractivity contribution is -0.128. The topological polar surface area (TPSA) is 91.0 Å². The van der Waals surface area contributed by atoms with Crippen molar-refractivity contribution in [1.29, 1.82) is 0 Å². The average molecular weight is 381 g/mol. The van der Waals surface area contributed by atoms with Crippen molar-refractivity contribution < 1.29 is 9.59 Å². The number of aromatic nitrogens is 3. The van der Waals surface area contributed by atoms with Crippen molar-refractivity contribution in [2.24, 2.45) is 5.41 Å². The van der Waals surface area contributed by atoms with E-state index in [1.54, 1.807) is 12.4 Å². The predicted molar refractivity (Wildman–Crippen MR) is 107 cm³/mol. The smallest absolute Gasteiger partial charge is 0.255 e. The molecule has 0 radical (unpaired) electrons. The number of rotatable bonds is 5. The quantitative estimate of drug-likeness (QED) is 0.779. The third kappa shape index (κ3) is 3.66. The van der Waals surface area contributed by atoms with Crippen LogP contribution < -0.4 is 5.32 Å². The largest absolute Gasteiger partial charge is 0.349 e. The molecule has 3 heterocycles. The Balaban J connectivity index is 1.48. The molecule has 1 aliphatic heterocycles. The molecule has 0 unspecified atom stereocenters. The third-order valence-electron chi connectivity index (χ3n) is 6.18. The van der Waals surface area contributed by atoms with E-state index < -0.39 is 0 Å². The number of amides is 2. The van der Waals surface area contributed by atoms with Crippen molar-refractivity contribution >= 4 is 23.0 Å². The monoisotopic (exact) mass is 381 g/mol. The van der Waals surface area contributed by atoms with Crippen LogP contribution in [0.4, 0.5) is 0 Å². The Morgan fingerprint density at radius 2 is 2.14 bits per heavy atom. The van der Waals surface area contributed by atoms with E-state index in [0.717, 1.165) is 50.9 Å². The van der Waals surface area contributed by atoms with Gasteiger partial charge in [0, 0.05) is 25.3 Å². The van der Waals surface area contributed by atoms with Crippen LogP contribution in [0.5, 0.6) is 0 Å². The van der Waals surface area contributed by atoms with Gasteiger partial charge < -0.3 is 15.2 Å². The van der Waals surface area contributed by atoms with Gasteiger partial charge in [-0.15, -0.1) is 0 Å². The first kappa shape index (κ1) is 18.7. The van der Waals surface area contributed by atoms with E-state index in [2.05, 4.69) is 28.8 Å². The highest BCUT2D eigenvalue weighted by Crippen LogP contribution is 2.34. The van der Waals surface area contributed by atoms with Gasteiger partial charge in [-0.05, 0) is 50.0 Å². The van der Waals surface area contributed by atoms with Gasteiger partial charge in [0.15, 0.2) is 5.65 Å². The van der Waals surface area contributed by atoms with Crippen LogP contribution in [-0.2, 0) is 11.2 Å². The van der Waals surface area contributed by atoms with Gasteiger partial charge in [0.05, 0.1) is 17.5 Å². The van der Waals surface area contributed by atoms with Crippen LogP contribution in [0.25, 0.3) is 11.2 Å². The molecular formula is C21H27N5O2. The minimum Gasteiger partial charge on any atom is -0.349 e. The van der Waals surface area contributed by atoms with Gasteiger partial charge in [-0.25, -0.2) is 9.97 Å². The summed E-state index contributed by atoms with van der Waals surface area (Å²) in [5.74, 6) is -0.0810. The highest BCUT2D eigenvalue weighted by atomic mass is 16.2. The van der Waals surface area contributed by atoms with Crippen LogP contribution in [-0.4, -0.2) is 50.8 Å². The van der Waals surface area contributed by atoms with Crippen LogP contribution in [0, 0.1) is 5.41 Å². The second-order valence-electron chi connectivity index (χ2n) is 8.38. The Morgan fingerprint density at radius 3 is 2.79 bits per heavy atom. The lowest BCUT2D eigenvalue weighted by Gasteiger charge is -2.39. The second-order valence-corrected chi connectivity index (χ2v) is 8.38. The molecule has 0 aromatic carbocycles. The van der Waals surface area contributed by atoms with Gasteiger partial charge in [-0.2, -0.15) is 0 Å². The van der Waals surface area contributed by atoms with E-state index in [4.69, 9.17) is 4.98 Å². The van der Waals surface area contributed by atoms with Crippen molar-refractivity contribution in [3.8, 4) is 0 Å². The number of nitrogens with one attached hydrogen (secondary N) is 2. The average Bonchev–Trinajstić information content (AvgIpc) is 3.07. The molecule has 7 heteroatoms. The number of piperidine rings is 1. The van der Waals surface area contributed by atoms with E-state index in [0.29, 0.717) is 16.7 Å². The Kier molecular flexibility index (Phi) is 4.91. The fraction of sp³-hybridized carbons (Fsp3) is 0.524. The molecule has 1 aliphatic carbocycles. The third-order valence-corrected chi connectivity index (χ3v) is 6.18. The van der Waals surface area contributed by atoms with Crippen molar-refractivity contribution in [1.82, 2.24) is 25.2 Å². The molecule has 2 fully saturated rings. The lowest BCUT2D eigenvalue weighted by Crippen LogP contribution is -2.42. The van der Waals surface area contributed by atoms with E-state index in [1.165, 1.54) is 12.5 Å². The molecule has 2 aromatic heterocycles. The molecule has 1 saturated carbocycles. The fourth-order valence-electron chi connectivity index (χ4n) is 4.01. The van der Waals surface area contributed by atoms with E-state index in [9.17, 15) is 9.59 Å². The maximum Gasteiger partial charge on any atom is 0.255 e. The normalized spacial score (nSPS) is 19.2. The van der Waals surface area contributed by atoms with E-state index >= 15 is 0 Å². The maximum absolute atomic E-state index is 12.6. The summed E-state index contributed by atoms with van der Waals surface area (Å²) in [6.07, 6.45) is 10.7. The minimum absolute atomic E-state index is 0.00213. The van der Waals surface area contributed by atoms with Gasteiger partial charge in [-0.1, -0.05) is 13.5 Å². The number of aromatic amines is 1. The van der Waals surface area contributed by atoms with E-state index in [-0.39, 0.29) is 23.3 Å². The van der Waals surface area contributed by atoms with Crippen LogP contribution in [0.15, 0.2) is 25.0 Å². The minimum atomic E-state index is -0.0788. The molecule has 28 heavy (non-hydrogen) atoms. The summed E-state index contributed by atoms with van der Waals surface area (Å²) in [5.41, 5.74) is 2.78. The maximum atomic E-state index is 12.6. The summed E-state index contributed by atoms with van der Waals surface area (Å²) in [5, 5.41) is 3.07. The summed E-state index contributed by atoms with van der Waals surface area (Å²) in [4.78, 5) is 38.5. The van der Waals surface area contributed by atoms with Crippen molar-refractivity contribution in [3.05, 3.63) is 36.3 Å². The molecule has 1 saturated heterocycles. The molecule has 4 rings (SSSR count). The van der Waals surface area contributed by atoms with Gasteiger partial charge in [0.1, 0.15) is 5.52 Å². The Labute approximate surface area is 164 Å². The highest BCUT2D eigenvalue weighted by molar-refractivity contribution is 6.04. The number of hydrogen-bond donors (Lipinski definition) is 2. The van der Waals surface area contributed by atoms with Crippen molar-refractivity contribution in [2.45, 2.75) is 51.5 Å². The number of carbonyl (C=O) groups is 2. The Morgan fingerprint density at radius 1 is 1.39 bits per heavy atom. The molecule has 0 atom stereocenters. The van der Waals surface area contributed by atoms with Crippen molar-refractivity contribution in [3.63, 3.8) is 0 Å². The highest BCUT2D eigenvalue weighted by Gasteiger charge is 2.32. The number of nitrogens with zero attached hydrogens (tertiary/aromatic N) is 3. The Bertz CT molecular complexity index is 907. The van der Waals surface area contributed by atoms with Gasteiger partial charge in [0.2, 0.25) is 5.91 Å². The van der Waals surface area contributed by atoms with Gasteiger partial charge in [-0.3, -0.25) is 9.59 Å². The van der Waals surface area contributed by atoms with Gasteiger partial charge >= 0.3 is 0 Å². The second kappa shape index (κ2) is 7.37. The standard InChI is InChI=1S/C21H27N5O2/c1-3-17(27)26-9-7-21(2,8-10-26)11-15-12-22-19-18(24-15)16(13-23-19)20(28)25-14-5-4-6-14/h3,12-14H,1,4-11H2,2H3,(H,22,23)(H,25,28). The SMILES string of the molecule is C=CC(=O)N1CCC(C)(Cc2cnc3[nH]cc(C(=O)NC4CCC4)c3n2)CC1. The zero-order valence-electron chi connectivity index (χ0n) is 16.3.